The standard InChI is InChI=1S/C69H129NO5/c1-3-5-7-9-11-13-15-17-18-19-28-32-35-39-43-47-51-55-59-63-69(74)75-64-60-56-52-48-44-40-36-33-30-27-25-23-21-20-22-24-26-29-31-34-38-42-46-50-54-58-62-68(73)70-66(65-71)67(72)61-57-53-49-45-41-37-16-14-12-10-8-6-4-2/h11,13,17-18,20,22,57,61,66-67,71-72H,3-10,12,14-16,19,21,23-56,58-60,62-65H2,1-2H3,(H,70,73)/b13-11-,18-17-,22-20-,61-57+. The second-order valence-electron chi connectivity index (χ2n) is 22.8. The molecule has 2 atom stereocenters. The number of aliphatic hydroxyl groups is 2. The first kappa shape index (κ1) is 72.8. The number of rotatable bonds is 62. The lowest BCUT2D eigenvalue weighted by Gasteiger charge is -2.20. The number of ether oxygens (including phenoxy) is 1. The summed E-state index contributed by atoms with van der Waals surface area (Å²) in [5.74, 6) is -0.0595. The van der Waals surface area contributed by atoms with Crippen LogP contribution in [0, 0.1) is 0 Å². The summed E-state index contributed by atoms with van der Waals surface area (Å²) < 4.78 is 5.50. The molecular formula is C69H129NO5. The molecule has 0 aliphatic heterocycles. The second kappa shape index (κ2) is 64.3. The number of allylic oxidation sites excluding steroid dienone is 7. The second-order valence-corrected chi connectivity index (χ2v) is 22.8. The zero-order valence-corrected chi connectivity index (χ0v) is 50.3. The number of carbonyl (C=O) groups is 2. The topological polar surface area (TPSA) is 95.9 Å². The smallest absolute Gasteiger partial charge is 0.305 e. The zero-order chi connectivity index (χ0) is 54.3. The summed E-state index contributed by atoms with van der Waals surface area (Å²) in [4.78, 5) is 24.6. The Balaban J connectivity index is 3.39. The predicted molar refractivity (Wildman–Crippen MR) is 329 cm³/mol. The van der Waals surface area contributed by atoms with E-state index in [9.17, 15) is 19.8 Å². The van der Waals surface area contributed by atoms with Gasteiger partial charge in [0, 0.05) is 12.8 Å². The Morgan fingerprint density at radius 3 is 1.05 bits per heavy atom. The normalized spacial score (nSPS) is 12.9. The van der Waals surface area contributed by atoms with Gasteiger partial charge in [-0.1, -0.05) is 300 Å². The van der Waals surface area contributed by atoms with Crippen molar-refractivity contribution < 1.29 is 24.5 Å². The van der Waals surface area contributed by atoms with Crippen LogP contribution in [0.3, 0.4) is 0 Å². The molecule has 0 fully saturated rings. The molecule has 1 amide bonds. The van der Waals surface area contributed by atoms with Crippen LogP contribution in [0.5, 0.6) is 0 Å². The third-order valence-electron chi connectivity index (χ3n) is 15.3. The van der Waals surface area contributed by atoms with Gasteiger partial charge in [-0.3, -0.25) is 9.59 Å². The van der Waals surface area contributed by atoms with Gasteiger partial charge >= 0.3 is 5.97 Å². The van der Waals surface area contributed by atoms with Gasteiger partial charge in [0.2, 0.25) is 5.91 Å². The van der Waals surface area contributed by atoms with E-state index in [1.54, 1.807) is 6.08 Å². The maximum atomic E-state index is 12.5. The number of esters is 1. The first-order chi connectivity index (χ1) is 37.0. The largest absolute Gasteiger partial charge is 0.466 e. The molecule has 0 heterocycles. The molecule has 0 aliphatic rings. The van der Waals surface area contributed by atoms with Crippen molar-refractivity contribution in [3.63, 3.8) is 0 Å². The lowest BCUT2D eigenvalue weighted by Crippen LogP contribution is -2.45. The summed E-state index contributed by atoms with van der Waals surface area (Å²) in [5, 5.41) is 23.1. The van der Waals surface area contributed by atoms with Crippen LogP contribution in [0.15, 0.2) is 48.6 Å². The van der Waals surface area contributed by atoms with E-state index in [1.165, 1.54) is 276 Å². The number of unbranched alkanes of at least 4 members (excludes halogenated alkanes) is 45. The average molecular weight is 1050 g/mol. The monoisotopic (exact) mass is 1050 g/mol. The third-order valence-corrected chi connectivity index (χ3v) is 15.3. The Morgan fingerprint density at radius 1 is 0.373 bits per heavy atom. The first-order valence-corrected chi connectivity index (χ1v) is 33.4. The predicted octanol–water partition coefficient (Wildman–Crippen LogP) is 21.3. The van der Waals surface area contributed by atoms with Gasteiger partial charge in [-0.25, -0.2) is 0 Å². The minimum atomic E-state index is -0.845. The molecule has 0 rings (SSSR count). The van der Waals surface area contributed by atoms with Crippen molar-refractivity contribution in [2.75, 3.05) is 13.2 Å². The Bertz CT molecular complexity index is 1260. The number of carbonyl (C=O) groups excluding carboxylic acids is 2. The van der Waals surface area contributed by atoms with Crippen molar-refractivity contribution in [2.24, 2.45) is 0 Å². The Labute approximate surface area is 467 Å². The van der Waals surface area contributed by atoms with Gasteiger partial charge in [-0.15, -0.1) is 0 Å². The lowest BCUT2D eigenvalue weighted by atomic mass is 10.0. The highest BCUT2D eigenvalue weighted by atomic mass is 16.5. The average Bonchev–Trinajstić information content (AvgIpc) is 3.41. The summed E-state index contributed by atoms with van der Waals surface area (Å²) in [7, 11) is 0. The Morgan fingerprint density at radius 2 is 0.667 bits per heavy atom. The first-order valence-electron chi connectivity index (χ1n) is 33.4. The van der Waals surface area contributed by atoms with Crippen molar-refractivity contribution in [2.45, 2.75) is 366 Å². The van der Waals surface area contributed by atoms with Crippen LogP contribution >= 0.6 is 0 Å². The van der Waals surface area contributed by atoms with Gasteiger partial charge in [0.05, 0.1) is 25.4 Å². The van der Waals surface area contributed by atoms with Gasteiger partial charge < -0.3 is 20.3 Å². The molecule has 0 spiro atoms. The number of hydrogen-bond acceptors (Lipinski definition) is 5. The number of nitrogens with one attached hydrogen (secondary N) is 1. The summed E-state index contributed by atoms with van der Waals surface area (Å²) in [6.45, 7) is 4.89. The van der Waals surface area contributed by atoms with Crippen LogP contribution in [0.4, 0.5) is 0 Å². The molecule has 0 saturated heterocycles. The number of amides is 1. The van der Waals surface area contributed by atoms with E-state index < -0.39 is 12.1 Å². The molecule has 0 bridgehead atoms. The molecule has 75 heavy (non-hydrogen) atoms. The minimum absolute atomic E-state index is 0.0100. The summed E-state index contributed by atoms with van der Waals surface area (Å²) in [6, 6.07) is -0.629. The highest BCUT2D eigenvalue weighted by molar-refractivity contribution is 5.76. The van der Waals surface area contributed by atoms with E-state index in [1.807, 2.05) is 6.08 Å². The Hall–Kier alpha value is -2.18. The molecule has 0 aromatic heterocycles. The van der Waals surface area contributed by atoms with Crippen LogP contribution in [0.1, 0.15) is 354 Å². The number of hydrogen-bond donors (Lipinski definition) is 3. The fourth-order valence-electron chi connectivity index (χ4n) is 10.2. The molecule has 0 saturated carbocycles. The maximum Gasteiger partial charge on any atom is 0.305 e. The molecule has 0 aromatic carbocycles. The fourth-order valence-corrected chi connectivity index (χ4v) is 10.2. The van der Waals surface area contributed by atoms with Crippen molar-refractivity contribution in [3.8, 4) is 0 Å². The van der Waals surface area contributed by atoms with Crippen molar-refractivity contribution in [1.82, 2.24) is 5.32 Å². The zero-order valence-electron chi connectivity index (χ0n) is 50.3. The lowest BCUT2D eigenvalue weighted by molar-refractivity contribution is -0.143. The molecule has 0 aliphatic carbocycles. The van der Waals surface area contributed by atoms with E-state index in [4.69, 9.17) is 4.74 Å². The van der Waals surface area contributed by atoms with Crippen LogP contribution in [0.2, 0.25) is 0 Å². The minimum Gasteiger partial charge on any atom is -0.466 e. The molecule has 6 heteroatoms. The van der Waals surface area contributed by atoms with E-state index in [-0.39, 0.29) is 18.5 Å². The molecule has 440 valence electrons. The molecular weight excluding hydrogens is 923 g/mol. The Kier molecular flexibility index (Phi) is 62.5. The van der Waals surface area contributed by atoms with Gasteiger partial charge in [-0.2, -0.15) is 0 Å². The van der Waals surface area contributed by atoms with Gasteiger partial charge in [0.15, 0.2) is 0 Å². The van der Waals surface area contributed by atoms with Gasteiger partial charge in [0.1, 0.15) is 0 Å². The maximum absolute atomic E-state index is 12.5. The van der Waals surface area contributed by atoms with Crippen molar-refractivity contribution >= 4 is 11.9 Å². The molecule has 0 radical (unpaired) electrons. The van der Waals surface area contributed by atoms with E-state index in [0.29, 0.717) is 19.4 Å². The van der Waals surface area contributed by atoms with Crippen LogP contribution in [-0.4, -0.2) is 47.4 Å². The summed E-state index contributed by atoms with van der Waals surface area (Å²) in [5.41, 5.74) is 0. The molecule has 6 nitrogen and oxygen atoms in total. The molecule has 3 N–H and O–H groups in total. The van der Waals surface area contributed by atoms with Crippen LogP contribution in [0.25, 0.3) is 0 Å². The van der Waals surface area contributed by atoms with Crippen LogP contribution in [-0.2, 0) is 14.3 Å². The highest BCUT2D eigenvalue weighted by Gasteiger charge is 2.18. The van der Waals surface area contributed by atoms with E-state index in [0.717, 1.165) is 51.4 Å². The van der Waals surface area contributed by atoms with Gasteiger partial charge in [0.25, 0.3) is 0 Å². The third kappa shape index (κ3) is 60.9. The molecule has 0 aromatic rings. The van der Waals surface area contributed by atoms with Crippen LogP contribution < -0.4 is 5.32 Å². The SMILES string of the molecule is CCCCC/C=C\C/C=C\CCCCCCCCCCCC(=O)OCCCCCCCCCCCCCC/C=C\CCCCCCCCCCCCC(=O)NC(CO)C(O)/C=C/CCCCCCCCCCCCC. The summed E-state index contributed by atoms with van der Waals surface area (Å²) in [6.07, 6.45) is 83.1. The number of aliphatic hydroxyl groups excluding tert-OH is 2. The quantitative estimate of drug-likeness (QED) is 0.0320. The van der Waals surface area contributed by atoms with Crippen molar-refractivity contribution in [3.05, 3.63) is 48.6 Å². The summed E-state index contributed by atoms with van der Waals surface area (Å²) >= 11 is 0. The molecule has 2 unspecified atom stereocenters. The van der Waals surface area contributed by atoms with E-state index >= 15 is 0 Å². The highest BCUT2D eigenvalue weighted by Crippen LogP contribution is 2.17. The fraction of sp³-hybridized carbons (Fsp3) is 0.855. The van der Waals surface area contributed by atoms with Gasteiger partial charge in [-0.05, 0) is 89.9 Å². The van der Waals surface area contributed by atoms with E-state index in [2.05, 4.69) is 55.6 Å². The van der Waals surface area contributed by atoms with Crippen molar-refractivity contribution in [1.29, 1.82) is 0 Å².